The number of benzene rings is 3. The van der Waals surface area contributed by atoms with Gasteiger partial charge in [0.25, 0.3) is 5.91 Å². The van der Waals surface area contributed by atoms with E-state index in [4.69, 9.17) is 4.74 Å². The van der Waals surface area contributed by atoms with Gasteiger partial charge in [-0.2, -0.15) is 0 Å². The summed E-state index contributed by atoms with van der Waals surface area (Å²) in [5.41, 5.74) is 2.08. The Labute approximate surface area is 197 Å². The third-order valence-electron chi connectivity index (χ3n) is 5.50. The van der Waals surface area contributed by atoms with E-state index in [9.17, 15) is 9.59 Å². The molecule has 0 bridgehead atoms. The molecule has 0 unspecified atom stereocenters. The lowest BCUT2D eigenvalue weighted by Gasteiger charge is -2.29. The van der Waals surface area contributed by atoms with Crippen LogP contribution in [-0.2, 0) is 16.1 Å². The third-order valence-corrected chi connectivity index (χ3v) is 6.32. The summed E-state index contributed by atoms with van der Waals surface area (Å²) < 4.78 is 6.70. The summed E-state index contributed by atoms with van der Waals surface area (Å²) >= 11 is 3.60. The number of hydrogen-bond acceptors (Lipinski definition) is 3. The molecule has 0 saturated carbocycles. The normalized spacial score (nSPS) is 11.8. The van der Waals surface area contributed by atoms with Crippen molar-refractivity contribution in [2.45, 2.75) is 39.8 Å². The number of rotatable bonds is 9. The summed E-state index contributed by atoms with van der Waals surface area (Å²) in [6, 6.07) is 19.0. The molecule has 0 aliphatic carbocycles. The molecule has 3 aromatic carbocycles. The molecule has 0 fully saturated rings. The van der Waals surface area contributed by atoms with E-state index in [0.29, 0.717) is 18.8 Å². The van der Waals surface area contributed by atoms with Gasteiger partial charge in [0.1, 0.15) is 11.8 Å². The summed E-state index contributed by atoms with van der Waals surface area (Å²) in [5, 5.41) is 4.99. The lowest BCUT2D eigenvalue weighted by atomic mass is 10.1. The average Bonchev–Trinajstić information content (AvgIpc) is 2.81. The Morgan fingerprint density at radius 3 is 2.53 bits per heavy atom. The molecule has 0 heterocycles. The maximum absolute atomic E-state index is 13.2. The van der Waals surface area contributed by atoms with Crippen molar-refractivity contribution >= 4 is 38.5 Å². The number of hydrogen-bond donors (Lipinski definition) is 1. The van der Waals surface area contributed by atoms with Crippen LogP contribution in [0.3, 0.4) is 0 Å². The van der Waals surface area contributed by atoms with Gasteiger partial charge in [-0.3, -0.25) is 9.59 Å². The number of fused-ring (bicyclic) bond motifs is 1. The lowest BCUT2D eigenvalue weighted by Crippen LogP contribution is -2.49. The van der Waals surface area contributed by atoms with E-state index in [1.807, 2.05) is 74.5 Å². The SMILES string of the molecule is CCCNC(=O)[C@@H](C)N(Cc1ccccc1C)C(=O)COc1ccc2ccccc2c1Br. The van der Waals surface area contributed by atoms with Gasteiger partial charge in [-0.1, -0.05) is 61.5 Å². The number of carbonyl (C=O) groups is 2. The first kappa shape index (κ1) is 23.8. The van der Waals surface area contributed by atoms with Gasteiger partial charge in [0.05, 0.1) is 4.47 Å². The van der Waals surface area contributed by atoms with Crippen LogP contribution in [0.15, 0.2) is 65.1 Å². The number of nitrogens with one attached hydrogen (secondary N) is 1. The second kappa shape index (κ2) is 11.1. The fourth-order valence-corrected chi connectivity index (χ4v) is 4.10. The van der Waals surface area contributed by atoms with Crippen molar-refractivity contribution in [1.82, 2.24) is 10.2 Å². The van der Waals surface area contributed by atoms with Gasteiger partial charge < -0.3 is 15.0 Å². The Hall–Kier alpha value is -2.86. The zero-order valence-electron chi connectivity index (χ0n) is 18.7. The Morgan fingerprint density at radius 1 is 1.06 bits per heavy atom. The van der Waals surface area contributed by atoms with E-state index < -0.39 is 6.04 Å². The molecule has 6 heteroatoms. The average molecular weight is 497 g/mol. The highest BCUT2D eigenvalue weighted by Gasteiger charge is 2.27. The maximum Gasteiger partial charge on any atom is 0.261 e. The Bertz CT molecular complexity index is 1100. The lowest BCUT2D eigenvalue weighted by molar-refractivity contribution is -0.142. The zero-order valence-corrected chi connectivity index (χ0v) is 20.3. The second-order valence-corrected chi connectivity index (χ2v) is 8.60. The van der Waals surface area contributed by atoms with Gasteiger partial charge >= 0.3 is 0 Å². The quantitative estimate of drug-likeness (QED) is 0.440. The van der Waals surface area contributed by atoms with Crippen molar-refractivity contribution in [3.05, 3.63) is 76.3 Å². The number of aryl methyl sites for hydroxylation is 1. The maximum atomic E-state index is 13.2. The summed E-state index contributed by atoms with van der Waals surface area (Å²) in [6.07, 6.45) is 0.837. The molecule has 0 aliphatic heterocycles. The molecule has 0 aromatic heterocycles. The minimum atomic E-state index is -0.614. The van der Waals surface area contributed by atoms with Crippen molar-refractivity contribution in [2.24, 2.45) is 0 Å². The van der Waals surface area contributed by atoms with E-state index >= 15 is 0 Å². The first-order valence-electron chi connectivity index (χ1n) is 10.8. The van der Waals surface area contributed by atoms with Crippen molar-refractivity contribution < 1.29 is 14.3 Å². The molecule has 32 heavy (non-hydrogen) atoms. The highest BCUT2D eigenvalue weighted by molar-refractivity contribution is 9.10. The molecular weight excluding hydrogens is 468 g/mol. The van der Waals surface area contributed by atoms with Gasteiger partial charge in [-0.15, -0.1) is 0 Å². The van der Waals surface area contributed by atoms with E-state index in [-0.39, 0.29) is 18.4 Å². The smallest absolute Gasteiger partial charge is 0.261 e. The molecule has 1 N–H and O–H groups in total. The van der Waals surface area contributed by atoms with Crippen LogP contribution in [0.2, 0.25) is 0 Å². The predicted molar refractivity (Wildman–Crippen MR) is 132 cm³/mol. The second-order valence-electron chi connectivity index (χ2n) is 7.80. The van der Waals surface area contributed by atoms with Gasteiger partial charge in [-0.05, 0) is 64.2 Å². The first-order chi connectivity index (χ1) is 15.4. The summed E-state index contributed by atoms with van der Waals surface area (Å²) in [7, 11) is 0. The van der Waals surface area contributed by atoms with Crippen molar-refractivity contribution in [2.75, 3.05) is 13.2 Å². The minimum Gasteiger partial charge on any atom is -0.483 e. The van der Waals surface area contributed by atoms with E-state index in [2.05, 4.69) is 21.2 Å². The highest BCUT2D eigenvalue weighted by Crippen LogP contribution is 2.33. The standard InChI is InChI=1S/C26H29BrN2O3/c1-4-15-28-26(31)19(3)29(16-21-11-6-5-9-18(21)2)24(30)17-32-23-14-13-20-10-7-8-12-22(20)25(23)27/h5-14,19H,4,15-17H2,1-3H3,(H,28,31)/t19-/m1/s1. The predicted octanol–water partition coefficient (Wildman–Crippen LogP) is 5.23. The first-order valence-corrected chi connectivity index (χ1v) is 11.6. The highest BCUT2D eigenvalue weighted by atomic mass is 79.9. The van der Waals surface area contributed by atoms with Crippen LogP contribution in [0.5, 0.6) is 5.75 Å². The number of ether oxygens (including phenoxy) is 1. The topological polar surface area (TPSA) is 58.6 Å². The van der Waals surface area contributed by atoms with Crippen LogP contribution in [0, 0.1) is 6.92 Å². The molecule has 5 nitrogen and oxygen atoms in total. The molecular formula is C26H29BrN2O3. The number of carbonyl (C=O) groups excluding carboxylic acids is 2. The van der Waals surface area contributed by atoms with E-state index in [1.165, 1.54) is 0 Å². The van der Waals surface area contributed by atoms with Crippen LogP contribution in [-0.4, -0.2) is 35.9 Å². The molecule has 168 valence electrons. The van der Waals surface area contributed by atoms with Crippen LogP contribution in [0.25, 0.3) is 10.8 Å². The molecule has 0 spiro atoms. The fourth-order valence-electron chi connectivity index (χ4n) is 3.50. The number of nitrogens with zero attached hydrogens (tertiary/aromatic N) is 1. The molecule has 2 amide bonds. The van der Waals surface area contributed by atoms with Crippen molar-refractivity contribution in [3.8, 4) is 5.75 Å². The molecule has 3 aromatic rings. The van der Waals surface area contributed by atoms with Crippen LogP contribution < -0.4 is 10.1 Å². The summed E-state index contributed by atoms with van der Waals surface area (Å²) in [6.45, 7) is 6.52. The fraction of sp³-hybridized carbons (Fsp3) is 0.308. The van der Waals surface area contributed by atoms with Crippen molar-refractivity contribution in [1.29, 1.82) is 0 Å². The molecule has 3 rings (SSSR count). The minimum absolute atomic E-state index is 0.159. The molecule has 1 atom stereocenters. The van der Waals surface area contributed by atoms with Crippen LogP contribution >= 0.6 is 15.9 Å². The Balaban J connectivity index is 1.79. The van der Waals surface area contributed by atoms with Crippen LogP contribution in [0.4, 0.5) is 0 Å². The monoisotopic (exact) mass is 496 g/mol. The van der Waals surface area contributed by atoms with E-state index in [0.717, 1.165) is 32.8 Å². The van der Waals surface area contributed by atoms with Gasteiger partial charge in [0.2, 0.25) is 5.91 Å². The zero-order chi connectivity index (χ0) is 23.1. The number of halogens is 1. The summed E-state index contributed by atoms with van der Waals surface area (Å²) in [5.74, 6) is 0.184. The van der Waals surface area contributed by atoms with E-state index in [1.54, 1.807) is 11.8 Å². The molecule has 0 radical (unpaired) electrons. The molecule has 0 saturated heterocycles. The van der Waals surface area contributed by atoms with Crippen LogP contribution in [0.1, 0.15) is 31.4 Å². The van der Waals surface area contributed by atoms with Gasteiger partial charge in [-0.25, -0.2) is 0 Å². The Morgan fingerprint density at radius 2 is 1.78 bits per heavy atom. The van der Waals surface area contributed by atoms with Gasteiger partial charge in [0, 0.05) is 13.1 Å². The third kappa shape index (κ3) is 5.68. The van der Waals surface area contributed by atoms with Gasteiger partial charge in [0.15, 0.2) is 6.61 Å². The summed E-state index contributed by atoms with van der Waals surface area (Å²) in [4.78, 5) is 27.5. The largest absolute Gasteiger partial charge is 0.483 e. The van der Waals surface area contributed by atoms with Crippen molar-refractivity contribution in [3.63, 3.8) is 0 Å². The molecule has 0 aliphatic rings. The number of amides is 2. The Kier molecular flexibility index (Phi) is 8.28.